The van der Waals surface area contributed by atoms with E-state index in [1.165, 1.54) is 32.1 Å². The zero-order valence-electron chi connectivity index (χ0n) is 5.39. The van der Waals surface area contributed by atoms with Crippen molar-refractivity contribution in [3.05, 3.63) is 5.92 Å². The van der Waals surface area contributed by atoms with E-state index < -0.39 is 0 Å². The smallest absolute Gasteiger partial charge is 0 e. The van der Waals surface area contributed by atoms with Crippen molar-refractivity contribution in [3.8, 4) is 0 Å². The second kappa shape index (κ2) is 4.40. The maximum atomic E-state index is 2.28. The zero-order valence-corrected chi connectivity index (χ0v) is 6.49. The molecule has 0 aromatic carbocycles. The molecular formula is C7H13Fe-. The maximum absolute atomic E-state index is 2.28. The van der Waals surface area contributed by atoms with Crippen LogP contribution in [0.1, 0.15) is 39.0 Å². The van der Waals surface area contributed by atoms with Gasteiger partial charge in [0.05, 0.1) is 0 Å². The molecule has 0 amide bonds. The van der Waals surface area contributed by atoms with Crippen LogP contribution in [-0.4, -0.2) is 0 Å². The molecule has 0 radical (unpaired) electrons. The molecule has 1 saturated carbocycles. The van der Waals surface area contributed by atoms with Gasteiger partial charge in [0.1, 0.15) is 0 Å². The van der Waals surface area contributed by atoms with E-state index in [0.29, 0.717) is 0 Å². The van der Waals surface area contributed by atoms with Crippen molar-refractivity contribution < 1.29 is 17.1 Å². The summed E-state index contributed by atoms with van der Waals surface area (Å²) in [4.78, 5) is 0. The number of rotatable bonds is 0. The van der Waals surface area contributed by atoms with E-state index in [9.17, 15) is 0 Å². The first-order valence-electron chi connectivity index (χ1n) is 3.21. The van der Waals surface area contributed by atoms with Crippen LogP contribution in [-0.2, 0) is 17.1 Å². The Balaban J connectivity index is 0.000000490. The van der Waals surface area contributed by atoms with E-state index in [1.54, 1.807) is 5.92 Å². The molecule has 1 aliphatic rings. The molecule has 50 valence electrons. The van der Waals surface area contributed by atoms with Crippen molar-refractivity contribution in [1.29, 1.82) is 0 Å². The largest absolute Gasteiger partial charge is 0.317 e. The van der Waals surface area contributed by atoms with E-state index >= 15 is 0 Å². The fourth-order valence-corrected chi connectivity index (χ4v) is 1.16. The van der Waals surface area contributed by atoms with Crippen LogP contribution in [0.2, 0.25) is 0 Å². The third-order valence-electron chi connectivity index (χ3n) is 1.71. The summed E-state index contributed by atoms with van der Waals surface area (Å²) in [6, 6.07) is 0. The Labute approximate surface area is 62.5 Å². The summed E-state index contributed by atoms with van der Waals surface area (Å²) >= 11 is 0. The van der Waals surface area contributed by atoms with Gasteiger partial charge in [0.15, 0.2) is 0 Å². The predicted octanol–water partition coefficient (Wildman–Crippen LogP) is 2.54. The van der Waals surface area contributed by atoms with Crippen molar-refractivity contribution in [3.63, 3.8) is 0 Å². The molecule has 0 nitrogen and oxygen atoms in total. The van der Waals surface area contributed by atoms with Crippen molar-refractivity contribution >= 4 is 0 Å². The predicted molar refractivity (Wildman–Crippen MR) is 32.0 cm³/mol. The Bertz CT molecular complexity index is 46.3. The number of hydrogen-bond donors (Lipinski definition) is 0. The SMILES string of the molecule is C[C-]1CCCCC1.[Fe]. The molecule has 0 unspecified atom stereocenters. The Hall–Kier alpha value is 0.519. The monoisotopic (exact) mass is 153 g/mol. The van der Waals surface area contributed by atoms with Crippen molar-refractivity contribution in [1.82, 2.24) is 0 Å². The quantitative estimate of drug-likeness (QED) is 0.370. The molecule has 0 aliphatic heterocycles. The molecule has 0 N–H and O–H groups in total. The molecule has 0 bridgehead atoms. The van der Waals surface area contributed by atoms with Crippen molar-refractivity contribution in [2.45, 2.75) is 39.0 Å². The molecular weight excluding hydrogens is 140 g/mol. The minimum Gasteiger partial charge on any atom is -0.317 e. The second-order valence-corrected chi connectivity index (χ2v) is 2.52. The molecule has 0 spiro atoms. The van der Waals surface area contributed by atoms with Gasteiger partial charge >= 0.3 is 0 Å². The van der Waals surface area contributed by atoms with Gasteiger partial charge in [0.25, 0.3) is 0 Å². The van der Waals surface area contributed by atoms with Gasteiger partial charge < -0.3 is 5.92 Å². The Morgan fingerprint density at radius 2 is 1.50 bits per heavy atom. The van der Waals surface area contributed by atoms with E-state index in [4.69, 9.17) is 0 Å². The molecule has 0 aromatic heterocycles. The summed E-state index contributed by atoms with van der Waals surface area (Å²) in [5, 5.41) is 0. The minimum atomic E-state index is 0. The van der Waals surface area contributed by atoms with Crippen LogP contribution in [0, 0.1) is 5.92 Å². The first-order chi connectivity index (χ1) is 3.39. The fourth-order valence-electron chi connectivity index (χ4n) is 1.16. The van der Waals surface area contributed by atoms with Gasteiger partial charge in [-0.25, -0.2) is 0 Å². The van der Waals surface area contributed by atoms with Crippen LogP contribution in [0.15, 0.2) is 0 Å². The van der Waals surface area contributed by atoms with Crippen LogP contribution in [0.3, 0.4) is 0 Å². The van der Waals surface area contributed by atoms with Crippen LogP contribution in [0.5, 0.6) is 0 Å². The molecule has 1 rings (SSSR count). The van der Waals surface area contributed by atoms with E-state index in [1.807, 2.05) is 0 Å². The first-order valence-corrected chi connectivity index (χ1v) is 3.21. The molecule has 0 aromatic rings. The van der Waals surface area contributed by atoms with Gasteiger partial charge in [-0.1, -0.05) is 19.3 Å². The van der Waals surface area contributed by atoms with Gasteiger partial charge in [0, 0.05) is 17.1 Å². The van der Waals surface area contributed by atoms with Gasteiger partial charge in [0.2, 0.25) is 0 Å². The van der Waals surface area contributed by atoms with Crippen molar-refractivity contribution in [2.75, 3.05) is 0 Å². The molecule has 8 heavy (non-hydrogen) atoms. The van der Waals surface area contributed by atoms with E-state index in [0.717, 1.165) is 0 Å². The summed E-state index contributed by atoms with van der Waals surface area (Å²) in [7, 11) is 0. The van der Waals surface area contributed by atoms with Crippen LogP contribution < -0.4 is 0 Å². The molecule has 0 atom stereocenters. The van der Waals surface area contributed by atoms with Crippen LogP contribution in [0.4, 0.5) is 0 Å². The first kappa shape index (κ1) is 8.52. The molecule has 1 fully saturated rings. The van der Waals surface area contributed by atoms with Gasteiger partial charge in [-0.05, 0) is 0 Å². The Kier molecular flexibility index (Phi) is 4.69. The summed E-state index contributed by atoms with van der Waals surface area (Å²) in [6.07, 6.45) is 7.18. The molecule has 1 aliphatic carbocycles. The molecule has 0 saturated heterocycles. The minimum absolute atomic E-state index is 0. The summed E-state index contributed by atoms with van der Waals surface area (Å²) in [6.45, 7) is 2.28. The standard InChI is InChI=1S/C7H13.Fe/c1-7-5-3-2-4-6-7;/h2-6H2,1H3;/q-1;. The average molecular weight is 153 g/mol. The topological polar surface area (TPSA) is 0 Å². The maximum Gasteiger partial charge on any atom is 0 e. The molecule has 1 heteroatoms. The van der Waals surface area contributed by atoms with Gasteiger partial charge in [-0.2, -0.15) is 19.8 Å². The third kappa shape index (κ3) is 2.74. The van der Waals surface area contributed by atoms with Crippen LogP contribution >= 0.6 is 0 Å². The number of hydrogen-bond acceptors (Lipinski definition) is 0. The zero-order chi connectivity index (χ0) is 5.11. The summed E-state index contributed by atoms with van der Waals surface area (Å²) in [5.74, 6) is 1.71. The third-order valence-corrected chi connectivity index (χ3v) is 1.71. The second-order valence-electron chi connectivity index (χ2n) is 2.52. The summed E-state index contributed by atoms with van der Waals surface area (Å²) in [5.41, 5.74) is 0. The fraction of sp³-hybridized carbons (Fsp3) is 0.857. The van der Waals surface area contributed by atoms with Crippen molar-refractivity contribution in [2.24, 2.45) is 0 Å². The van der Waals surface area contributed by atoms with Gasteiger partial charge in [-0.3, -0.25) is 0 Å². The average Bonchev–Trinajstić information content (AvgIpc) is 1.69. The molecule has 0 heterocycles. The normalized spacial score (nSPS) is 22.1. The van der Waals surface area contributed by atoms with Gasteiger partial charge in [-0.15, -0.1) is 0 Å². The van der Waals surface area contributed by atoms with Crippen LogP contribution in [0.25, 0.3) is 0 Å². The van der Waals surface area contributed by atoms with E-state index in [2.05, 4.69) is 6.92 Å². The Morgan fingerprint density at radius 3 is 1.75 bits per heavy atom. The Morgan fingerprint density at radius 1 is 1.00 bits per heavy atom. The summed E-state index contributed by atoms with van der Waals surface area (Å²) < 4.78 is 0. The van der Waals surface area contributed by atoms with E-state index in [-0.39, 0.29) is 17.1 Å².